The topological polar surface area (TPSA) is 29.5 Å². The van der Waals surface area contributed by atoms with Crippen molar-refractivity contribution in [2.24, 2.45) is 0 Å². The molecular weight excluding hydrogens is 222 g/mol. The van der Waals surface area contributed by atoms with Crippen molar-refractivity contribution in [1.82, 2.24) is 4.90 Å². The largest absolute Gasteiger partial charge is 0.444 e. The minimum Gasteiger partial charge on any atom is -0.444 e. The number of carbonyl (C=O) groups excluding carboxylic acids is 1. The third-order valence-electron chi connectivity index (χ3n) is 3.00. The standard InChI is InChI=1S/C12H23NO2S/c1-5-12(16)6-8-13(9-7-12)10(14)15-11(2,3)4/h16H,5-9H2,1-4H3. The molecule has 0 bridgehead atoms. The molecule has 0 aromatic heterocycles. The number of piperidine rings is 1. The zero-order valence-electron chi connectivity index (χ0n) is 10.7. The van der Waals surface area contributed by atoms with Crippen molar-refractivity contribution in [3.05, 3.63) is 0 Å². The lowest BCUT2D eigenvalue weighted by molar-refractivity contribution is 0.0197. The second kappa shape index (κ2) is 4.86. The molecule has 1 aliphatic heterocycles. The number of hydrogen-bond donors (Lipinski definition) is 1. The quantitative estimate of drug-likeness (QED) is 0.719. The van der Waals surface area contributed by atoms with E-state index in [-0.39, 0.29) is 10.8 Å². The third kappa shape index (κ3) is 3.89. The summed E-state index contributed by atoms with van der Waals surface area (Å²) in [5.74, 6) is 0. The Hall–Kier alpha value is -0.380. The Kier molecular flexibility index (Phi) is 4.16. The second-order valence-corrected chi connectivity index (χ2v) is 6.49. The van der Waals surface area contributed by atoms with Gasteiger partial charge in [-0.05, 0) is 40.0 Å². The van der Waals surface area contributed by atoms with E-state index in [1.807, 2.05) is 20.8 Å². The normalized spacial score (nSPS) is 20.7. The fourth-order valence-electron chi connectivity index (χ4n) is 1.79. The molecule has 0 aliphatic carbocycles. The Bertz CT molecular complexity index is 252. The molecular formula is C12H23NO2S. The summed E-state index contributed by atoms with van der Waals surface area (Å²) >= 11 is 4.67. The van der Waals surface area contributed by atoms with Crippen LogP contribution in [0, 0.1) is 0 Å². The number of thiol groups is 1. The molecule has 0 aromatic rings. The van der Waals surface area contributed by atoms with Gasteiger partial charge in [0.05, 0.1) is 0 Å². The molecule has 0 spiro atoms. The number of likely N-dealkylation sites (tertiary alicyclic amines) is 1. The lowest BCUT2D eigenvalue weighted by Crippen LogP contribution is -2.45. The lowest BCUT2D eigenvalue weighted by atomic mass is 9.93. The van der Waals surface area contributed by atoms with Gasteiger partial charge in [0.2, 0.25) is 0 Å². The Labute approximate surface area is 104 Å². The zero-order valence-corrected chi connectivity index (χ0v) is 11.6. The first-order valence-corrected chi connectivity index (χ1v) is 6.41. The monoisotopic (exact) mass is 245 g/mol. The van der Waals surface area contributed by atoms with Crippen LogP contribution in [0.2, 0.25) is 0 Å². The van der Waals surface area contributed by atoms with E-state index in [0.29, 0.717) is 0 Å². The fraction of sp³-hybridized carbons (Fsp3) is 0.917. The number of rotatable bonds is 1. The molecule has 0 N–H and O–H groups in total. The van der Waals surface area contributed by atoms with E-state index < -0.39 is 5.60 Å². The first-order valence-electron chi connectivity index (χ1n) is 5.96. The Morgan fingerprint density at radius 3 is 2.25 bits per heavy atom. The van der Waals surface area contributed by atoms with Gasteiger partial charge in [0.15, 0.2) is 0 Å². The van der Waals surface area contributed by atoms with Crippen LogP contribution in [0.25, 0.3) is 0 Å². The molecule has 94 valence electrons. The van der Waals surface area contributed by atoms with Gasteiger partial charge in [-0.1, -0.05) is 6.92 Å². The first kappa shape index (κ1) is 13.7. The summed E-state index contributed by atoms with van der Waals surface area (Å²) in [4.78, 5) is 13.6. The SMILES string of the molecule is CCC1(S)CCN(C(=O)OC(C)(C)C)CC1. The highest BCUT2D eigenvalue weighted by molar-refractivity contribution is 7.81. The summed E-state index contributed by atoms with van der Waals surface area (Å²) in [6.45, 7) is 9.34. The van der Waals surface area contributed by atoms with E-state index in [0.717, 1.165) is 32.4 Å². The zero-order chi connectivity index (χ0) is 12.4. The van der Waals surface area contributed by atoms with Crippen LogP contribution in [0.15, 0.2) is 0 Å². The van der Waals surface area contributed by atoms with Crippen LogP contribution in [0.4, 0.5) is 4.79 Å². The number of hydrogen-bond acceptors (Lipinski definition) is 3. The Morgan fingerprint density at radius 1 is 1.38 bits per heavy atom. The Morgan fingerprint density at radius 2 is 1.88 bits per heavy atom. The minimum atomic E-state index is -0.405. The number of nitrogens with zero attached hydrogens (tertiary/aromatic N) is 1. The van der Waals surface area contributed by atoms with Crippen molar-refractivity contribution in [2.75, 3.05) is 13.1 Å². The predicted molar refractivity (Wildman–Crippen MR) is 69.0 cm³/mol. The second-order valence-electron chi connectivity index (χ2n) is 5.55. The van der Waals surface area contributed by atoms with Crippen molar-refractivity contribution < 1.29 is 9.53 Å². The summed E-state index contributed by atoms with van der Waals surface area (Å²) in [6, 6.07) is 0. The van der Waals surface area contributed by atoms with Crippen LogP contribution in [0.1, 0.15) is 47.0 Å². The van der Waals surface area contributed by atoms with E-state index in [4.69, 9.17) is 4.74 Å². The molecule has 1 amide bonds. The predicted octanol–water partition coefficient (Wildman–Crippen LogP) is 3.10. The van der Waals surface area contributed by atoms with Crippen molar-refractivity contribution in [2.45, 2.75) is 57.3 Å². The minimum absolute atomic E-state index is 0.110. The highest BCUT2D eigenvalue weighted by Gasteiger charge is 2.32. The molecule has 0 saturated carbocycles. The van der Waals surface area contributed by atoms with Crippen LogP contribution in [-0.4, -0.2) is 34.4 Å². The molecule has 0 unspecified atom stereocenters. The van der Waals surface area contributed by atoms with Crippen LogP contribution in [-0.2, 0) is 4.74 Å². The highest BCUT2D eigenvalue weighted by atomic mass is 32.1. The van der Waals surface area contributed by atoms with Crippen molar-refractivity contribution in [3.63, 3.8) is 0 Å². The van der Waals surface area contributed by atoms with Gasteiger partial charge in [0.1, 0.15) is 5.60 Å². The maximum Gasteiger partial charge on any atom is 0.410 e. The molecule has 1 heterocycles. The first-order chi connectivity index (χ1) is 7.26. The van der Waals surface area contributed by atoms with Crippen LogP contribution < -0.4 is 0 Å². The summed E-state index contributed by atoms with van der Waals surface area (Å²) in [5, 5.41) is 0. The summed E-state index contributed by atoms with van der Waals surface area (Å²) in [7, 11) is 0. The fourth-order valence-corrected chi connectivity index (χ4v) is 1.99. The van der Waals surface area contributed by atoms with Gasteiger partial charge in [-0.2, -0.15) is 12.6 Å². The number of carbonyl (C=O) groups is 1. The van der Waals surface area contributed by atoms with Crippen molar-refractivity contribution in [1.29, 1.82) is 0 Å². The molecule has 0 atom stereocenters. The highest BCUT2D eigenvalue weighted by Crippen LogP contribution is 2.32. The molecule has 4 heteroatoms. The molecule has 0 radical (unpaired) electrons. The summed E-state index contributed by atoms with van der Waals surface area (Å²) < 4.78 is 5.45. The summed E-state index contributed by atoms with van der Waals surface area (Å²) in [6.07, 6.45) is 2.76. The van der Waals surface area contributed by atoms with Gasteiger partial charge in [0, 0.05) is 17.8 Å². The molecule has 1 rings (SSSR count). The van der Waals surface area contributed by atoms with Crippen LogP contribution in [0.3, 0.4) is 0 Å². The van der Waals surface area contributed by atoms with Gasteiger partial charge < -0.3 is 9.64 Å². The van der Waals surface area contributed by atoms with E-state index in [1.165, 1.54) is 0 Å². The van der Waals surface area contributed by atoms with Crippen molar-refractivity contribution in [3.8, 4) is 0 Å². The van der Waals surface area contributed by atoms with Gasteiger partial charge >= 0.3 is 6.09 Å². The van der Waals surface area contributed by atoms with Gasteiger partial charge in [0.25, 0.3) is 0 Å². The van der Waals surface area contributed by atoms with Gasteiger partial charge in [-0.3, -0.25) is 0 Å². The smallest absolute Gasteiger partial charge is 0.410 e. The number of amides is 1. The Balaban J connectivity index is 2.45. The average Bonchev–Trinajstić information content (AvgIpc) is 2.16. The van der Waals surface area contributed by atoms with E-state index in [2.05, 4.69) is 19.6 Å². The molecule has 1 fully saturated rings. The molecule has 3 nitrogen and oxygen atoms in total. The molecule has 1 saturated heterocycles. The maximum atomic E-state index is 11.8. The maximum absolute atomic E-state index is 11.8. The van der Waals surface area contributed by atoms with Gasteiger partial charge in [-0.25, -0.2) is 4.79 Å². The van der Waals surface area contributed by atoms with Crippen molar-refractivity contribution >= 4 is 18.7 Å². The van der Waals surface area contributed by atoms with E-state index in [9.17, 15) is 4.79 Å². The average molecular weight is 245 g/mol. The van der Waals surface area contributed by atoms with Crippen LogP contribution >= 0.6 is 12.6 Å². The third-order valence-corrected chi connectivity index (χ3v) is 3.77. The number of ether oxygens (including phenoxy) is 1. The van der Waals surface area contributed by atoms with E-state index >= 15 is 0 Å². The van der Waals surface area contributed by atoms with Gasteiger partial charge in [-0.15, -0.1) is 0 Å². The molecule has 16 heavy (non-hydrogen) atoms. The van der Waals surface area contributed by atoms with Crippen LogP contribution in [0.5, 0.6) is 0 Å². The lowest BCUT2D eigenvalue weighted by Gasteiger charge is -2.38. The summed E-state index contributed by atoms with van der Waals surface area (Å²) in [5.41, 5.74) is -0.405. The van der Waals surface area contributed by atoms with E-state index in [1.54, 1.807) is 4.90 Å². The molecule has 1 aliphatic rings. The molecule has 0 aromatic carbocycles.